The smallest absolute Gasteiger partial charge is 0.243 e. The van der Waals surface area contributed by atoms with Gasteiger partial charge in [-0.25, -0.2) is 5.48 Å². The van der Waals surface area contributed by atoms with Crippen LogP contribution in [0.2, 0.25) is 0 Å². The average molecular weight is 669 g/mol. The minimum atomic E-state index is -0.545. The highest BCUT2D eigenvalue weighted by Gasteiger charge is 2.32. The first-order valence-electron chi connectivity index (χ1n) is 16.6. The molecule has 4 N–H and O–H groups in total. The highest BCUT2D eigenvalue weighted by atomic mass is 32.2. The Bertz CT molecular complexity index is 1600. The van der Waals surface area contributed by atoms with Gasteiger partial charge in [-0.2, -0.15) is 0 Å². The number of nitrogens with one attached hydrogen (secondary N) is 2. The maximum absolute atomic E-state index is 12.4. The van der Waals surface area contributed by atoms with Crippen LogP contribution in [0.15, 0.2) is 108 Å². The van der Waals surface area contributed by atoms with Crippen molar-refractivity contribution in [3.05, 3.63) is 125 Å². The van der Waals surface area contributed by atoms with E-state index in [0.29, 0.717) is 19.4 Å². The Morgan fingerprint density at radius 3 is 2.17 bits per heavy atom. The largest absolute Gasteiger partial charge is 0.392 e. The highest BCUT2D eigenvalue weighted by Crippen LogP contribution is 2.40. The van der Waals surface area contributed by atoms with E-state index in [0.717, 1.165) is 64.8 Å². The predicted molar refractivity (Wildman–Crippen MR) is 187 cm³/mol. The van der Waals surface area contributed by atoms with E-state index < -0.39 is 6.29 Å². The van der Waals surface area contributed by atoms with Crippen LogP contribution in [0.4, 0.5) is 0 Å². The van der Waals surface area contributed by atoms with Crippen molar-refractivity contribution in [3.8, 4) is 11.1 Å². The number of aliphatic hydroxyl groups excluding tert-OH is 1. The van der Waals surface area contributed by atoms with Crippen molar-refractivity contribution in [1.82, 2.24) is 10.8 Å². The van der Waals surface area contributed by atoms with Gasteiger partial charge in [0, 0.05) is 42.0 Å². The highest BCUT2D eigenvalue weighted by molar-refractivity contribution is 7.99. The van der Waals surface area contributed by atoms with Gasteiger partial charge in [0.1, 0.15) is 0 Å². The molecule has 3 atom stereocenters. The lowest BCUT2D eigenvalue weighted by molar-refractivity contribution is -0.245. The predicted octanol–water partition coefficient (Wildman–Crippen LogP) is 7.65. The van der Waals surface area contributed by atoms with E-state index in [9.17, 15) is 14.7 Å². The van der Waals surface area contributed by atoms with Crippen LogP contribution in [0, 0.1) is 0 Å². The summed E-state index contributed by atoms with van der Waals surface area (Å²) >= 11 is 1.78. The molecule has 3 unspecified atom stereocenters. The molecule has 0 saturated carbocycles. The fraction of sp³-hybridized carbons (Fsp3) is 0.333. The Morgan fingerprint density at radius 2 is 1.44 bits per heavy atom. The molecular formula is C39H44N2O6S. The van der Waals surface area contributed by atoms with E-state index in [1.165, 1.54) is 4.90 Å². The molecule has 1 heterocycles. The van der Waals surface area contributed by atoms with Gasteiger partial charge >= 0.3 is 0 Å². The minimum Gasteiger partial charge on any atom is -0.392 e. The molecule has 48 heavy (non-hydrogen) atoms. The number of aliphatic hydroxyl groups is 1. The second-order valence-electron chi connectivity index (χ2n) is 12.0. The number of amides is 2. The van der Waals surface area contributed by atoms with E-state index in [1.807, 2.05) is 66.7 Å². The lowest BCUT2D eigenvalue weighted by Gasteiger charge is -2.36. The van der Waals surface area contributed by atoms with Gasteiger partial charge < -0.3 is 19.9 Å². The summed E-state index contributed by atoms with van der Waals surface area (Å²) in [4.78, 5) is 24.7. The number of benzene rings is 4. The van der Waals surface area contributed by atoms with Crippen molar-refractivity contribution in [2.75, 3.05) is 5.75 Å². The molecular weight excluding hydrogens is 625 g/mol. The summed E-state index contributed by atoms with van der Waals surface area (Å²) < 4.78 is 13.2. The molecule has 0 aromatic heterocycles. The van der Waals surface area contributed by atoms with Gasteiger partial charge in [-0.05, 0) is 64.9 Å². The molecule has 0 bridgehead atoms. The first-order valence-corrected chi connectivity index (χ1v) is 17.6. The summed E-state index contributed by atoms with van der Waals surface area (Å²) in [6, 6.07) is 34.7. The Labute approximate surface area is 286 Å². The third-order valence-electron chi connectivity index (χ3n) is 8.39. The van der Waals surface area contributed by atoms with E-state index in [4.69, 9.17) is 14.7 Å². The third-order valence-corrected chi connectivity index (χ3v) is 9.53. The van der Waals surface area contributed by atoms with Gasteiger partial charge in [-0.15, -0.1) is 11.8 Å². The number of thioether (sulfide) groups is 1. The number of ether oxygens (including phenoxy) is 2. The van der Waals surface area contributed by atoms with Gasteiger partial charge in [-0.1, -0.05) is 91.7 Å². The SMILES string of the molecule is O=C(CCCCCCC(=O)NCc1cccc(-c2cccc(C3OC(CSc4ccccc4)CC(c4ccc(CO)cc4)O3)c2)c1)NO. The number of carbonyl (C=O) groups excluding carboxylic acids is 2. The van der Waals surface area contributed by atoms with E-state index >= 15 is 0 Å². The summed E-state index contributed by atoms with van der Waals surface area (Å²) in [5.41, 5.74) is 7.59. The molecule has 2 amide bonds. The molecule has 0 radical (unpaired) electrons. The summed E-state index contributed by atoms with van der Waals surface area (Å²) in [5, 5.41) is 21.1. The summed E-state index contributed by atoms with van der Waals surface area (Å²) in [6.45, 7) is 0.445. The van der Waals surface area contributed by atoms with Crippen LogP contribution >= 0.6 is 11.8 Å². The van der Waals surface area contributed by atoms with Crippen molar-refractivity contribution in [2.24, 2.45) is 0 Å². The number of unbranched alkanes of at least 4 members (excludes halogenated alkanes) is 3. The molecule has 9 heteroatoms. The van der Waals surface area contributed by atoms with Gasteiger partial charge in [0.05, 0.1) is 18.8 Å². The van der Waals surface area contributed by atoms with E-state index in [-0.39, 0.29) is 37.0 Å². The van der Waals surface area contributed by atoms with Crippen LogP contribution in [-0.2, 0) is 32.2 Å². The van der Waals surface area contributed by atoms with Crippen molar-refractivity contribution < 1.29 is 29.4 Å². The quantitative estimate of drug-likeness (QED) is 0.0420. The number of rotatable bonds is 16. The summed E-state index contributed by atoms with van der Waals surface area (Å²) in [6.07, 6.45) is 3.87. The lowest BCUT2D eigenvalue weighted by Crippen LogP contribution is -2.31. The molecule has 0 spiro atoms. The van der Waals surface area contributed by atoms with Crippen LogP contribution in [0.1, 0.15) is 79.6 Å². The Morgan fingerprint density at radius 1 is 0.729 bits per heavy atom. The monoisotopic (exact) mass is 668 g/mol. The Hall–Kier alpha value is -3.99. The van der Waals surface area contributed by atoms with E-state index in [2.05, 4.69) is 41.7 Å². The zero-order valence-corrected chi connectivity index (χ0v) is 27.9. The molecule has 4 aromatic rings. The lowest BCUT2D eigenvalue weighted by atomic mass is 9.99. The van der Waals surface area contributed by atoms with Crippen molar-refractivity contribution in [1.29, 1.82) is 0 Å². The number of hydrogen-bond acceptors (Lipinski definition) is 7. The summed E-state index contributed by atoms with van der Waals surface area (Å²) in [5.74, 6) is 0.420. The minimum absolute atomic E-state index is 0.00244. The van der Waals surface area contributed by atoms with Gasteiger partial charge in [0.15, 0.2) is 6.29 Å². The first-order chi connectivity index (χ1) is 23.5. The van der Waals surface area contributed by atoms with Crippen LogP contribution in [0.3, 0.4) is 0 Å². The van der Waals surface area contributed by atoms with Crippen molar-refractivity contribution in [2.45, 2.75) is 81.5 Å². The van der Waals surface area contributed by atoms with E-state index in [1.54, 1.807) is 17.2 Å². The van der Waals surface area contributed by atoms with Gasteiger partial charge in [-0.3, -0.25) is 14.8 Å². The Balaban J connectivity index is 1.21. The van der Waals surface area contributed by atoms with Crippen molar-refractivity contribution in [3.63, 3.8) is 0 Å². The first kappa shape index (κ1) is 35.3. The molecule has 5 rings (SSSR count). The molecule has 0 aliphatic carbocycles. The third kappa shape index (κ3) is 10.8. The van der Waals surface area contributed by atoms with Gasteiger partial charge in [0.2, 0.25) is 11.8 Å². The number of hydroxylamine groups is 1. The fourth-order valence-electron chi connectivity index (χ4n) is 5.72. The fourth-order valence-corrected chi connectivity index (χ4v) is 6.67. The zero-order valence-electron chi connectivity index (χ0n) is 27.1. The number of hydrogen-bond donors (Lipinski definition) is 4. The second-order valence-corrected chi connectivity index (χ2v) is 13.1. The average Bonchev–Trinajstić information content (AvgIpc) is 3.15. The number of carbonyl (C=O) groups is 2. The molecule has 1 fully saturated rings. The standard InChI is InChI=1S/C39H44N2O6S/c42-26-28-18-20-30(21-19-28)36-24-34(27-48-35-14-4-3-5-15-35)46-39(47-36)33-13-9-12-32(23-33)31-11-8-10-29(22-31)25-40-37(43)16-6-1-2-7-17-38(44)41-45/h3-5,8-15,18-23,34,36,39,42,45H,1-2,6-7,16-17,24-27H2,(H,40,43)(H,41,44). The molecule has 1 aliphatic heterocycles. The van der Waals surface area contributed by atoms with Gasteiger partial charge in [0.25, 0.3) is 0 Å². The Kier molecular flexibility index (Phi) is 13.6. The normalized spacial score (nSPS) is 17.5. The second kappa shape index (κ2) is 18.5. The van der Waals surface area contributed by atoms with Crippen LogP contribution in [0.25, 0.3) is 11.1 Å². The van der Waals surface area contributed by atoms with Crippen LogP contribution < -0.4 is 10.8 Å². The topological polar surface area (TPSA) is 117 Å². The maximum Gasteiger partial charge on any atom is 0.243 e. The zero-order chi connectivity index (χ0) is 33.6. The van der Waals surface area contributed by atoms with Crippen LogP contribution in [0.5, 0.6) is 0 Å². The molecule has 1 saturated heterocycles. The molecule has 8 nitrogen and oxygen atoms in total. The maximum atomic E-state index is 12.4. The molecule has 1 aliphatic rings. The van der Waals surface area contributed by atoms with Crippen LogP contribution in [-0.4, -0.2) is 34.0 Å². The molecule has 4 aromatic carbocycles. The van der Waals surface area contributed by atoms with Crippen molar-refractivity contribution >= 4 is 23.6 Å². The molecule has 252 valence electrons. The summed E-state index contributed by atoms with van der Waals surface area (Å²) in [7, 11) is 0.